The smallest absolute Gasteiger partial charge is 0.108 e. The van der Waals surface area contributed by atoms with Crippen LogP contribution < -0.4 is 0 Å². The molecule has 24 heavy (non-hydrogen) atoms. The molecular formula is C23H30O. The maximum atomic E-state index is 6.81. The van der Waals surface area contributed by atoms with Crippen LogP contribution in [0.2, 0.25) is 0 Å². The summed E-state index contributed by atoms with van der Waals surface area (Å²) in [4.78, 5) is 0. The van der Waals surface area contributed by atoms with E-state index in [2.05, 4.69) is 81.4 Å². The van der Waals surface area contributed by atoms with E-state index in [4.69, 9.17) is 4.74 Å². The zero-order valence-electron chi connectivity index (χ0n) is 15.2. The summed E-state index contributed by atoms with van der Waals surface area (Å²) in [7, 11) is 0. The van der Waals surface area contributed by atoms with Crippen molar-refractivity contribution in [3.8, 4) is 0 Å². The molecule has 1 aliphatic rings. The minimum absolute atomic E-state index is 0.0314. The molecule has 1 heteroatoms. The van der Waals surface area contributed by atoms with E-state index >= 15 is 0 Å². The number of benzene rings is 2. The monoisotopic (exact) mass is 322 g/mol. The maximum absolute atomic E-state index is 6.81. The maximum Gasteiger partial charge on any atom is 0.108 e. The molecule has 0 bridgehead atoms. The van der Waals surface area contributed by atoms with Crippen molar-refractivity contribution in [1.29, 1.82) is 0 Å². The predicted molar refractivity (Wildman–Crippen MR) is 101 cm³/mol. The van der Waals surface area contributed by atoms with Crippen molar-refractivity contribution < 1.29 is 4.74 Å². The van der Waals surface area contributed by atoms with Crippen LogP contribution in [-0.4, -0.2) is 6.10 Å². The molecule has 0 saturated heterocycles. The SMILES string of the molecule is CC1CCC(C(C)C)C(OC(c2ccccc2)c2ccccc2)C1. The van der Waals surface area contributed by atoms with Crippen LogP contribution >= 0.6 is 0 Å². The summed E-state index contributed by atoms with van der Waals surface area (Å²) in [5, 5.41) is 0. The number of ether oxygens (including phenoxy) is 1. The van der Waals surface area contributed by atoms with Crippen molar-refractivity contribution in [2.24, 2.45) is 17.8 Å². The molecule has 0 N–H and O–H groups in total. The molecular weight excluding hydrogens is 292 g/mol. The summed E-state index contributed by atoms with van der Waals surface area (Å²) in [6.07, 6.45) is 4.19. The highest BCUT2D eigenvalue weighted by atomic mass is 16.5. The van der Waals surface area contributed by atoms with Gasteiger partial charge in [0.15, 0.2) is 0 Å². The van der Waals surface area contributed by atoms with Crippen molar-refractivity contribution in [2.45, 2.75) is 52.2 Å². The summed E-state index contributed by atoms with van der Waals surface area (Å²) in [5.74, 6) is 2.10. The molecule has 1 aliphatic carbocycles. The van der Waals surface area contributed by atoms with Gasteiger partial charge in [0.1, 0.15) is 6.10 Å². The van der Waals surface area contributed by atoms with E-state index in [1.165, 1.54) is 30.4 Å². The zero-order chi connectivity index (χ0) is 16.9. The van der Waals surface area contributed by atoms with E-state index in [1.807, 2.05) is 0 Å². The van der Waals surface area contributed by atoms with Crippen molar-refractivity contribution in [3.63, 3.8) is 0 Å². The van der Waals surface area contributed by atoms with E-state index < -0.39 is 0 Å². The first-order valence-electron chi connectivity index (χ1n) is 9.40. The van der Waals surface area contributed by atoms with E-state index in [9.17, 15) is 0 Å². The van der Waals surface area contributed by atoms with Crippen LogP contribution in [0.1, 0.15) is 57.3 Å². The second kappa shape index (κ2) is 7.98. The molecule has 0 spiro atoms. The van der Waals surface area contributed by atoms with Gasteiger partial charge in [0.25, 0.3) is 0 Å². The average Bonchev–Trinajstić information content (AvgIpc) is 2.61. The Morgan fingerprint density at radius 3 is 1.88 bits per heavy atom. The lowest BCUT2D eigenvalue weighted by Crippen LogP contribution is -2.35. The molecule has 1 nitrogen and oxygen atoms in total. The molecule has 2 aromatic rings. The summed E-state index contributed by atoms with van der Waals surface area (Å²) < 4.78 is 6.81. The van der Waals surface area contributed by atoms with E-state index in [-0.39, 0.29) is 6.10 Å². The number of rotatable bonds is 5. The minimum atomic E-state index is 0.0314. The molecule has 0 aromatic heterocycles. The number of hydrogen-bond donors (Lipinski definition) is 0. The lowest BCUT2D eigenvalue weighted by Gasteiger charge is -2.39. The van der Waals surface area contributed by atoms with Crippen LogP contribution in [0.4, 0.5) is 0 Å². The Labute approximate surface area is 147 Å². The van der Waals surface area contributed by atoms with Crippen molar-refractivity contribution in [3.05, 3.63) is 71.8 Å². The Kier molecular flexibility index (Phi) is 5.73. The lowest BCUT2D eigenvalue weighted by molar-refractivity contribution is -0.0678. The quantitative estimate of drug-likeness (QED) is 0.632. The summed E-state index contributed by atoms with van der Waals surface area (Å²) in [6, 6.07) is 21.3. The van der Waals surface area contributed by atoms with Gasteiger partial charge in [-0.3, -0.25) is 0 Å². The van der Waals surface area contributed by atoms with Gasteiger partial charge in [0.2, 0.25) is 0 Å². The first-order valence-corrected chi connectivity index (χ1v) is 9.40. The third kappa shape index (κ3) is 4.08. The van der Waals surface area contributed by atoms with Crippen molar-refractivity contribution in [1.82, 2.24) is 0 Å². The normalized spacial score (nSPS) is 24.5. The summed E-state index contributed by atoms with van der Waals surface area (Å²) in [6.45, 7) is 7.06. The third-order valence-electron chi connectivity index (χ3n) is 5.48. The predicted octanol–water partition coefficient (Wildman–Crippen LogP) is 6.25. The highest BCUT2D eigenvalue weighted by Gasteiger charge is 2.33. The van der Waals surface area contributed by atoms with Crippen LogP contribution in [0.15, 0.2) is 60.7 Å². The van der Waals surface area contributed by atoms with Gasteiger partial charge in [-0.2, -0.15) is 0 Å². The molecule has 1 fully saturated rings. The van der Waals surface area contributed by atoms with Gasteiger partial charge in [0.05, 0.1) is 6.10 Å². The molecule has 1 saturated carbocycles. The van der Waals surface area contributed by atoms with Gasteiger partial charge in [-0.05, 0) is 41.7 Å². The van der Waals surface area contributed by atoms with Gasteiger partial charge in [-0.15, -0.1) is 0 Å². The second-order valence-corrected chi connectivity index (χ2v) is 7.70. The molecule has 3 atom stereocenters. The van der Waals surface area contributed by atoms with Gasteiger partial charge in [-0.1, -0.05) is 87.9 Å². The van der Waals surface area contributed by atoms with Crippen LogP contribution in [0.5, 0.6) is 0 Å². The average molecular weight is 322 g/mol. The van der Waals surface area contributed by atoms with Gasteiger partial charge in [-0.25, -0.2) is 0 Å². The fourth-order valence-corrected chi connectivity index (χ4v) is 4.05. The molecule has 128 valence electrons. The molecule has 3 rings (SSSR count). The van der Waals surface area contributed by atoms with Gasteiger partial charge in [0, 0.05) is 0 Å². The largest absolute Gasteiger partial charge is 0.365 e. The number of hydrogen-bond acceptors (Lipinski definition) is 1. The topological polar surface area (TPSA) is 9.23 Å². The molecule has 0 radical (unpaired) electrons. The van der Waals surface area contributed by atoms with Gasteiger partial charge >= 0.3 is 0 Å². The van der Waals surface area contributed by atoms with Crippen molar-refractivity contribution in [2.75, 3.05) is 0 Å². The lowest BCUT2D eigenvalue weighted by atomic mass is 9.75. The van der Waals surface area contributed by atoms with E-state index in [0.717, 1.165) is 5.92 Å². The third-order valence-corrected chi connectivity index (χ3v) is 5.48. The van der Waals surface area contributed by atoms with Crippen LogP contribution in [0, 0.1) is 17.8 Å². The molecule has 0 heterocycles. The fraction of sp³-hybridized carbons (Fsp3) is 0.478. The summed E-state index contributed by atoms with van der Waals surface area (Å²) in [5.41, 5.74) is 2.51. The van der Waals surface area contributed by atoms with E-state index in [1.54, 1.807) is 0 Å². The van der Waals surface area contributed by atoms with E-state index in [0.29, 0.717) is 17.9 Å². The van der Waals surface area contributed by atoms with Crippen molar-refractivity contribution >= 4 is 0 Å². The Hall–Kier alpha value is -1.60. The zero-order valence-corrected chi connectivity index (χ0v) is 15.2. The highest BCUT2D eigenvalue weighted by Crippen LogP contribution is 2.39. The molecule has 2 aromatic carbocycles. The second-order valence-electron chi connectivity index (χ2n) is 7.70. The van der Waals surface area contributed by atoms with Crippen LogP contribution in [0.3, 0.4) is 0 Å². The Balaban J connectivity index is 1.88. The standard InChI is InChI=1S/C23H30O/c1-17(2)21-15-14-18(3)16-22(21)24-23(19-10-6-4-7-11-19)20-12-8-5-9-13-20/h4-13,17-18,21-23H,14-16H2,1-3H3. The summed E-state index contributed by atoms with van der Waals surface area (Å²) >= 11 is 0. The molecule has 0 aliphatic heterocycles. The Morgan fingerprint density at radius 2 is 1.38 bits per heavy atom. The molecule has 3 unspecified atom stereocenters. The highest BCUT2D eigenvalue weighted by molar-refractivity contribution is 5.30. The Morgan fingerprint density at radius 1 is 0.833 bits per heavy atom. The molecule has 0 amide bonds. The van der Waals surface area contributed by atoms with Crippen LogP contribution in [0.25, 0.3) is 0 Å². The first kappa shape index (κ1) is 17.2. The van der Waals surface area contributed by atoms with Gasteiger partial charge < -0.3 is 4.74 Å². The fourth-order valence-electron chi connectivity index (χ4n) is 4.05. The Bertz CT molecular complexity index is 565. The van der Waals surface area contributed by atoms with Crippen LogP contribution in [-0.2, 0) is 4.74 Å². The first-order chi connectivity index (χ1) is 11.6. The minimum Gasteiger partial charge on any atom is -0.365 e.